The minimum Gasteiger partial charge on any atom is -0.444 e. The minimum atomic E-state index is -0.480. The quantitative estimate of drug-likeness (QED) is 0.381. The molecule has 0 bridgehead atoms. The fourth-order valence-electron chi connectivity index (χ4n) is 4.11. The van der Waals surface area contributed by atoms with Crippen molar-refractivity contribution in [3.05, 3.63) is 0 Å². The van der Waals surface area contributed by atoms with Crippen molar-refractivity contribution >= 4 is 12.1 Å². The molecule has 1 amide bonds. The lowest BCUT2D eigenvalue weighted by molar-refractivity contribution is -0.125. The van der Waals surface area contributed by atoms with Gasteiger partial charge in [0.2, 0.25) is 0 Å². The lowest BCUT2D eigenvalue weighted by Crippen LogP contribution is -2.65. The number of alkyl carbamates (subject to hydrolysis) is 1. The van der Waals surface area contributed by atoms with Crippen molar-refractivity contribution in [3.63, 3.8) is 0 Å². The first-order valence-corrected chi connectivity index (χ1v) is 9.86. The van der Waals surface area contributed by atoms with E-state index in [9.17, 15) is 4.79 Å². The van der Waals surface area contributed by atoms with Crippen LogP contribution in [0.4, 0.5) is 4.79 Å². The third-order valence-electron chi connectivity index (χ3n) is 5.31. The summed E-state index contributed by atoms with van der Waals surface area (Å²) in [6.45, 7) is 9.47. The minimum absolute atomic E-state index is 0.266. The summed E-state index contributed by atoms with van der Waals surface area (Å²) in [6.07, 6.45) is 6.04. The van der Waals surface area contributed by atoms with Gasteiger partial charge in [-0.25, -0.2) is 4.79 Å². The molecule has 2 rings (SSSR count). The Labute approximate surface area is 157 Å². The number of carbonyl (C=O) groups is 1. The third kappa shape index (κ3) is 5.25. The molecular formula is C19H36N4O3. The van der Waals surface area contributed by atoms with Crippen LogP contribution >= 0.6 is 0 Å². The van der Waals surface area contributed by atoms with E-state index in [2.05, 4.69) is 27.9 Å². The van der Waals surface area contributed by atoms with Gasteiger partial charge in [-0.1, -0.05) is 12.8 Å². The summed E-state index contributed by atoms with van der Waals surface area (Å²) >= 11 is 0. The highest BCUT2D eigenvalue weighted by Crippen LogP contribution is 2.54. The van der Waals surface area contributed by atoms with E-state index in [-0.39, 0.29) is 5.41 Å². The molecule has 0 aliphatic heterocycles. The normalized spacial score (nSPS) is 24.9. The van der Waals surface area contributed by atoms with E-state index in [1.165, 1.54) is 25.7 Å². The Balaban J connectivity index is 1.74. The number of ether oxygens (including phenoxy) is 2. The van der Waals surface area contributed by atoms with E-state index >= 15 is 0 Å². The lowest BCUT2D eigenvalue weighted by atomic mass is 9.60. The highest BCUT2D eigenvalue weighted by Gasteiger charge is 2.56. The third-order valence-corrected chi connectivity index (χ3v) is 5.31. The molecule has 2 aliphatic rings. The summed E-state index contributed by atoms with van der Waals surface area (Å²) in [7, 11) is 1.77. The summed E-state index contributed by atoms with van der Waals surface area (Å²) < 4.78 is 11.2. The van der Waals surface area contributed by atoms with Crippen molar-refractivity contribution in [2.45, 2.75) is 77.5 Å². The smallest absolute Gasteiger partial charge is 0.407 e. The fraction of sp³-hybridized carbons (Fsp3) is 0.895. The second-order valence-corrected chi connectivity index (χ2v) is 8.24. The van der Waals surface area contributed by atoms with Crippen LogP contribution in [0.3, 0.4) is 0 Å². The Morgan fingerprint density at radius 1 is 1.19 bits per heavy atom. The molecule has 1 spiro atoms. The topological polar surface area (TPSA) is 84.0 Å². The predicted octanol–water partition coefficient (Wildman–Crippen LogP) is 2.41. The maximum absolute atomic E-state index is 11.7. The molecule has 2 aliphatic carbocycles. The molecule has 2 unspecified atom stereocenters. The summed E-state index contributed by atoms with van der Waals surface area (Å²) in [5.74, 6) is 0.780. The van der Waals surface area contributed by atoms with Crippen molar-refractivity contribution in [3.8, 4) is 0 Å². The average Bonchev–Trinajstić information content (AvgIpc) is 3.07. The van der Waals surface area contributed by atoms with Gasteiger partial charge in [-0.2, -0.15) is 0 Å². The van der Waals surface area contributed by atoms with E-state index in [0.717, 1.165) is 19.0 Å². The van der Waals surface area contributed by atoms with Gasteiger partial charge in [-0.3, -0.25) is 4.99 Å². The van der Waals surface area contributed by atoms with Crippen molar-refractivity contribution in [1.82, 2.24) is 16.0 Å². The number of hydrogen-bond donors (Lipinski definition) is 3. The van der Waals surface area contributed by atoms with Crippen LogP contribution in [0.5, 0.6) is 0 Å². The Hall–Kier alpha value is -1.50. The van der Waals surface area contributed by atoms with Crippen LogP contribution in [0.25, 0.3) is 0 Å². The van der Waals surface area contributed by atoms with Gasteiger partial charge < -0.3 is 25.4 Å². The molecule has 0 aromatic heterocycles. The van der Waals surface area contributed by atoms with E-state index in [0.29, 0.717) is 25.2 Å². The summed E-state index contributed by atoms with van der Waals surface area (Å²) in [4.78, 5) is 16.0. The molecule has 3 N–H and O–H groups in total. The molecule has 7 nitrogen and oxygen atoms in total. The molecule has 2 saturated carbocycles. The summed E-state index contributed by atoms with van der Waals surface area (Å²) in [5.41, 5.74) is -0.214. The van der Waals surface area contributed by atoms with Crippen LogP contribution in [-0.2, 0) is 9.47 Å². The van der Waals surface area contributed by atoms with Gasteiger partial charge in [0.1, 0.15) is 5.60 Å². The number of nitrogens with zero attached hydrogens (tertiary/aromatic N) is 1. The van der Waals surface area contributed by atoms with Crippen molar-refractivity contribution < 1.29 is 14.3 Å². The molecular weight excluding hydrogens is 332 g/mol. The number of hydrogen-bond acceptors (Lipinski definition) is 4. The Morgan fingerprint density at radius 2 is 1.85 bits per heavy atom. The first-order valence-electron chi connectivity index (χ1n) is 9.86. The van der Waals surface area contributed by atoms with Gasteiger partial charge in [-0.15, -0.1) is 0 Å². The number of nitrogens with one attached hydrogen (secondary N) is 3. The molecule has 0 aromatic carbocycles. The highest BCUT2D eigenvalue weighted by molar-refractivity contribution is 5.80. The highest BCUT2D eigenvalue weighted by atomic mass is 16.6. The number of aliphatic imine (C=N–C) groups is 1. The molecule has 0 heterocycles. The predicted molar refractivity (Wildman–Crippen MR) is 103 cm³/mol. The van der Waals surface area contributed by atoms with Gasteiger partial charge in [0, 0.05) is 38.2 Å². The van der Waals surface area contributed by atoms with Gasteiger partial charge in [-0.05, 0) is 47.0 Å². The SMILES string of the molecule is CCOC1CC(NC(=NC)NCCNC(=O)OC(C)(C)C)C12CCCC2. The van der Waals surface area contributed by atoms with Crippen molar-refractivity contribution in [1.29, 1.82) is 0 Å². The Kier molecular flexibility index (Phi) is 7.15. The summed E-state index contributed by atoms with van der Waals surface area (Å²) in [6, 6.07) is 0.409. The molecule has 0 aromatic rings. The second-order valence-electron chi connectivity index (χ2n) is 8.24. The zero-order valence-corrected chi connectivity index (χ0v) is 17.0. The zero-order chi connectivity index (χ0) is 19.2. The van der Waals surface area contributed by atoms with Crippen LogP contribution in [0.2, 0.25) is 0 Å². The monoisotopic (exact) mass is 368 g/mol. The van der Waals surface area contributed by atoms with Crippen LogP contribution in [-0.4, -0.2) is 56.5 Å². The fourth-order valence-corrected chi connectivity index (χ4v) is 4.11. The van der Waals surface area contributed by atoms with Crippen LogP contribution in [0.1, 0.15) is 59.8 Å². The van der Waals surface area contributed by atoms with E-state index < -0.39 is 11.7 Å². The van der Waals surface area contributed by atoms with Gasteiger partial charge in [0.15, 0.2) is 5.96 Å². The molecule has 7 heteroatoms. The lowest BCUT2D eigenvalue weighted by Gasteiger charge is -2.54. The number of amides is 1. The Bertz CT molecular complexity index is 496. The summed E-state index contributed by atoms with van der Waals surface area (Å²) in [5, 5.41) is 9.58. The van der Waals surface area contributed by atoms with Gasteiger partial charge in [0.25, 0.3) is 0 Å². The molecule has 150 valence electrons. The zero-order valence-electron chi connectivity index (χ0n) is 17.0. The van der Waals surface area contributed by atoms with Gasteiger partial charge in [0.05, 0.1) is 6.10 Å². The van der Waals surface area contributed by atoms with E-state index in [1.54, 1.807) is 7.05 Å². The maximum Gasteiger partial charge on any atom is 0.407 e. The average molecular weight is 369 g/mol. The maximum atomic E-state index is 11.7. The molecule has 26 heavy (non-hydrogen) atoms. The van der Waals surface area contributed by atoms with Crippen molar-refractivity contribution in [2.24, 2.45) is 10.4 Å². The van der Waals surface area contributed by atoms with Crippen molar-refractivity contribution in [2.75, 3.05) is 26.7 Å². The molecule has 0 saturated heterocycles. The number of rotatable bonds is 6. The van der Waals surface area contributed by atoms with E-state index in [1.807, 2.05) is 20.8 Å². The number of guanidine groups is 1. The second kappa shape index (κ2) is 8.93. The van der Waals surface area contributed by atoms with Crippen LogP contribution < -0.4 is 16.0 Å². The van der Waals surface area contributed by atoms with E-state index in [4.69, 9.17) is 9.47 Å². The Morgan fingerprint density at radius 3 is 2.42 bits per heavy atom. The first-order chi connectivity index (χ1) is 12.3. The molecule has 0 radical (unpaired) electrons. The molecule has 2 fully saturated rings. The standard InChI is InChI=1S/C19H36N4O3/c1-6-25-15-13-14(19(15)9-7-8-10-19)23-16(20-5)21-11-12-22-17(24)26-18(2,3)4/h14-15H,6-13H2,1-5H3,(H,22,24)(H2,20,21,23). The number of carbonyl (C=O) groups excluding carboxylic acids is 1. The molecule has 2 atom stereocenters. The van der Waals surface area contributed by atoms with Gasteiger partial charge >= 0.3 is 6.09 Å². The first kappa shape index (κ1) is 20.8. The van der Waals surface area contributed by atoms with Crippen LogP contribution in [0, 0.1) is 5.41 Å². The largest absolute Gasteiger partial charge is 0.444 e. The van der Waals surface area contributed by atoms with Crippen LogP contribution in [0.15, 0.2) is 4.99 Å².